The van der Waals surface area contributed by atoms with Crippen molar-refractivity contribution in [3.05, 3.63) is 22.4 Å². The van der Waals surface area contributed by atoms with Crippen LogP contribution in [-0.4, -0.2) is 12.1 Å². The van der Waals surface area contributed by atoms with Gasteiger partial charge < -0.3 is 11.1 Å². The van der Waals surface area contributed by atoms with E-state index in [-0.39, 0.29) is 0 Å². The zero-order valence-corrected chi connectivity index (χ0v) is 12.5. The molecule has 1 aromatic rings. The number of thiophene rings is 1. The number of hydrogen-bond acceptors (Lipinski definition) is 3. The van der Waals surface area contributed by atoms with E-state index in [1.165, 1.54) is 51.4 Å². The van der Waals surface area contributed by atoms with Crippen LogP contribution in [-0.2, 0) is 0 Å². The first-order valence-corrected chi connectivity index (χ1v) is 8.76. The molecule has 0 bridgehead atoms. The van der Waals surface area contributed by atoms with Gasteiger partial charge in [-0.05, 0) is 55.9 Å². The zero-order chi connectivity index (χ0) is 13.1. The van der Waals surface area contributed by atoms with Crippen molar-refractivity contribution in [3.8, 4) is 0 Å². The van der Waals surface area contributed by atoms with Crippen molar-refractivity contribution in [3.63, 3.8) is 0 Å². The molecule has 0 spiro atoms. The molecule has 0 aliphatic heterocycles. The Morgan fingerprint density at radius 2 is 1.84 bits per heavy atom. The fourth-order valence-electron chi connectivity index (χ4n) is 3.75. The molecule has 0 radical (unpaired) electrons. The van der Waals surface area contributed by atoms with Crippen LogP contribution >= 0.6 is 11.3 Å². The Hall–Kier alpha value is -0.380. The molecule has 3 N–H and O–H groups in total. The van der Waals surface area contributed by atoms with Gasteiger partial charge in [-0.25, -0.2) is 0 Å². The summed E-state index contributed by atoms with van der Waals surface area (Å²) in [5.41, 5.74) is 6.02. The second-order valence-electron chi connectivity index (χ2n) is 6.32. The lowest BCUT2D eigenvalue weighted by Gasteiger charge is -2.33. The van der Waals surface area contributed by atoms with Crippen LogP contribution in [0.5, 0.6) is 0 Å². The van der Waals surface area contributed by atoms with Gasteiger partial charge in [0, 0.05) is 23.0 Å². The van der Waals surface area contributed by atoms with E-state index in [9.17, 15) is 0 Å². The molecule has 2 saturated carbocycles. The van der Waals surface area contributed by atoms with Gasteiger partial charge in [-0.3, -0.25) is 0 Å². The minimum atomic E-state index is 0.449. The highest BCUT2D eigenvalue weighted by molar-refractivity contribution is 7.10. The molecule has 2 fully saturated rings. The van der Waals surface area contributed by atoms with Gasteiger partial charge in [0.1, 0.15) is 0 Å². The van der Waals surface area contributed by atoms with Gasteiger partial charge in [0.15, 0.2) is 0 Å². The molecule has 0 saturated heterocycles. The molecule has 1 unspecified atom stereocenters. The van der Waals surface area contributed by atoms with Gasteiger partial charge in [-0.15, -0.1) is 11.3 Å². The maximum atomic E-state index is 6.02. The average molecular weight is 278 g/mol. The first kappa shape index (κ1) is 13.6. The standard InChI is InChI=1S/C16H26N2S/c17-13-7-9-14(10-8-13)18-16(12-4-1-2-5-12)15-6-3-11-19-15/h3,6,11-14,16,18H,1-2,4-5,7-10,17H2. The van der Waals surface area contributed by atoms with Crippen molar-refractivity contribution in [2.75, 3.05) is 0 Å². The Balaban J connectivity index is 1.65. The van der Waals surface area contributed by atoms with Crippen molar-refractivity contribution >= 4 is 11.3 Å². The summed E-state index contributed by atoms with van der Waals surface area (Å²) in [6.07, 6.45) is 10.6. The van der Waals surface area contributed by atoms with E-state index >= 15 is 0 Å². The van der Waals surface area contributed by atoms with Gasteiger partial charge >= 0.3 is 0 Å². The highest BCUT2D eigenvalue weighted by Crippen LogP contribution is 2.38. The van der Waals surface area contributed by atoms with E-state index in [4.69, 9.17) is 5.73 Å². The third-order valence-electron chi connectivity index (χ3n) is 4.91. The quantitative estimate of drug-likeness (QED) is 0.878. The lowest BCUT2D eigenvalue weighted by molar-refractivity contribution is 0.274. The summed E-state index contributed by atoms with van der Waals surface area (Å²) in [5.74, 6) is 0.856. The Morgan fingerprint density at radius 3 is 2.47 bits per heavy atom. The lowest BCUT2D eigenvalue weighted by atomic mass is 9.89. The van der Waals surface area contributed by atoms with Crippen LogP contribution in [0.2, 0.25) is 0 Å². The summed E-state index contributed by atoms with van der Waals surface area (Å²) < 4.78 is 0. The maximum absolute atomic E-state index is 6.02. The number of rotatable bonds is 4. The second-order valence-corrected chi connectivity index (χ2v) is 7.30. The van der Waals surface area contributed by atoms with Crippen LogP contribution < -0.4 is 11.1 Å². The minimum absolute atomic E-state index is 0.449. The topological polar surface area (TPSA) is 38.0 Å². The first-order valence-electron chi connectivity index (χ1n) is 7.88. The molecule has 2 aliphatic carbocycles. The van der Waals surface area contributed by atoms with E-state index < -0.39 is 0 Å². The maximum Gasteiger partial charge on any atom is 0.0445 e. The van der Waals surface area contributed by atoms with Gasteiger partial charge in [0.25, 0.3) is 0 Å². The molecular weight excluding hydrogens is 252 g/mol. The molecule has 106 valence electrons. The molecular formula is C16H26N2S. The van der Waals surface area contributed by atoms with E-state index in [0.717, 1.165) is 5.92 Å². The van der Waals surface area contributed by atoms with Crippen LogP contribution in [0.25, 0.3) is 0 Å². The SMILES string of the molecule is NC1CCC(NC(c2cccs2)C2CCCC2)CC1. The van der Waals surface area contributed by atoms with Crippen LogP contribution in [0.1, 0.15) is 62.3 Å². The van der Waals surface area contributed by atoms with Crippen molar-refractivity contribution in [2.24, 2.45) is 11.7 Å². The first-order chi connectivity index (χ1) is 9.33. The highest BCUT2D eigenvalue weighted by atomic mass is 32.1. The van der Waals surface area contributed by atoms with Crippen LogP contribution in [0.4, 0.5) is 0 Å². The third-order valence-corrected chi connectivity index (χ3v) is 5.86. The number of hydrogen-bond donors (Lipinski definition) is 2. The minimum Gasteiger partial charge on any atom is -0.328 e. The van der Waals surface area contributed by atoms with Gasteiger partial charge in [-0.1, -0.05) is 18.9 Å². The molecule has 1 atom stereocenters. The van der Waals surface area contributed by atoms with Crippen LogP contribution in [0, 0.1) is 5.92 Å². The predicted octanol–water partition coefficient (Wildman–Crippen LogP) is 3.84. The molecule has 1 heterocycles. The highest BCUT2D eigenvalue weighted by Gasteiger charge is 2.30. The van der Waals surface area contributed by atoms with E-state index in [2.05, 4.69) is 22.8 Å². The summed E-state index contributed by atoms with van der Waals surface area (Å²) in [5, 5.41) is 6.19. The van der Waals surface area contributed by atoms with E-state index in [0.29, 0.717) is 18.1 Å². The van der Waals surface area contributed by atoms with E-state index in [1.807, 2.05) is 11.3 Å². The normalized spacial score (nSPS) is 30.6. The second kappa shape index (κ2) is 6.38. The molecule has 0 aromatic carbocycles. The Morgan fingerprint density at radius 1 is 1.11 bits per heavy atom. The molecule has 3 rings (SSSR count). The average Bonchev–Trinajstić information content (AvgIpc) is 3.11. The summed E-state index contributed by atoms with van der Waals surface area (Å²) in [6.45, 7) is 0. The molecule has 19 heavy (non-hydrogen) atoms. The monoisotopic (exact) mass is 278 g/mol. The van der Waals surface area contributed by atoms with Gasteiger partial charge in [0.05, 0.1) is 0 Å². The largest absolute Gasteiger partial charge is 0.328 e. The van der Waals surface area contributed by atoms with Crippen molar-refractivity contribution in [2.45, 2.75) is 69.5 Å². The van der Waals surface area contributed by atoms with E-state index in [1.54, 1.807) is 4.88 Å². The smallest absolute Gasteiger partial charge is 0.0445 e. The molecule has 0 amide bonds. The number of nitrogens with one attached hydrogen (secondary N) is 1. The molecule has 3 heteroatoms. The van der Waals surface area contributed by atoms with Crippen LogP contribution in [0.3, 0.4) is 0 Å². The van der Waals surface area contributed by atoms with Gasteiger partial charge in [0.2, 0.25) is 0 Å². The molecule has 1 aromatic heterocycles. The predicted molar refractivity (Wildman–Crippen MR) is 82.4 cm³/mol. The Kier molecular flexibility index (Phi) is 4.57. The summed E-state index contributed by atoms with van der Waals surface area (Å²) in [4.78, 5) is 1.54. The Labute approximate surface area is 120 Å². The third kappa shape index (κ3) is 3.39. The molecule has 2 aliphatic rings. The summed E-state index contributed by atoms with van der Waals surface area (Å²) >= 11 is 1.92. The summed E-state index contributed by atoms with van der Waals surface area (Å²) in [6, 6.07) is 6.24. The summed E-state index contributed by atoms with van der Waals surface area (Å²) in [7, 11) is 0. The van der Waals surface area contributed by atoms with Crippen molar-refractivity contribution < 1.29 is 0 Å². The lowest BCUT2D eigenvalue weighted by Crippen LogP contribution is -2.40. The van der Waals surface area contributed by atoms with Gasteiger partial charge in [-0.2, -0.15) is 0 Å². The van der Waals surface area contributed by atoms with Crippen LogP contribution in [0.15, 0.2) is 17.5 Å². The molecule has 2 nitrogen and oxygen atoms in total. The fourth-order valence-corrected chi connectivity index (χ4v) is 4.63. The number of nitrogens with two attached hydrogens (primary N) is 1. The van der Waals surface area contributed by atoms with Crippen molar-refractivity contribution in [1.82, 2.24) is 5.32 Å². The van der Waals surface area contributed by atoms with Crippen molar-refractivity contribution in [1.29, 1.82) is 0 Å². The zero-order valence-electron chi connectivity index (χ0n) is 11.7. The Bertz CT molecular complexity index is 362. The fraction of sp³-hybridized carbons (Fsp3) is 0.750.